The van der Waals surface area contributed by atoms with Crippen molar-refractivity contribution in [2.24, 2.45) is 11.3 Å². The first-order valence-electron chi connectivity index (χ1n) is 4.86. The van der Waals surface area contributed by atoms with Crippen molar-refractivity contribution >= 4 is 5.97 Å². The Morgan fingerprint density at radius 3 is 2.85 bits per heavy atom. The molecule has 2 atom stereocenters. The maximum absolute atomic E-state index is 10.6. The summed E-state index contributed by atoms with van der Waals surface area (Å²) < 4.78 is 4.94. The molecule has 0 amide bonds. The van der Waals surface area contributed by atoms with E-state index in [-0.39, 0.29) is 11.4 Å². The van der Waals surface area contributed by atoms with Crippen LogP contribution in [0.15, 0.2) is 12.2 Å². The van der Waals surface area contributed by atoms with Crippen LogP contribution in [-0.4, -0.2) is 12.6 Å². The van der Waals surface area contributed by atoms with Gasteiger partial charge in [0.15, 0.2) is 0 Å². The quantitative estimate of drug-likeness (QED) is 0.495. The van der Waals surface area contributed by atoms with E-state index in [1.54, 1.807) is 0 Å². The Labute approximate surface area is 80.0 Å². The number of hydrogen-bond acceptors (Lipinski definition) is 2. The first-order chi connectivity index (χ1) is 6.04. The van der Waals surface area contributed by atoms with Gasteiger partial charge in [-0.05, 0) is 24.2 Å². The van der Waals surface area contributed by atoms with Gasteiger partial charge < -0.3 is 4.74 Å². The number of carbonyl (C=O) groups is 1. The van der Waals surface area contributed by atoms with E-state index in [9.17, 15) is 4.79 Å². The Morgan fingerprint density at radius 1 is 1.69 bits per heavy atom. The van der Waals surface area contributed by atoms with Gasteiger partial charge in [-0.25, -0.2) is 0 Å². The van der Waals surface area contributed by atoms with E-state index < -0.39 is 0 Å². The Morgan fingerprint density at radius 2 is 2.38 bits per heavy atom. The van der Waals surface area contributed by atoms with Crippen molar-refractivity contribution in [1.82, 2.24) is 0 Å². The molecule has 0 aromatic carbocycles. The minimum Gasteiger partial charge on any atom is -0.466 e. The summed E-state index contributed by atoms with van der Waals surface area (Å²) in [7, 11) is 0. The molecule has 0 N–H and O–H groups in total. The molecule has 2 nitrogen and oxygen atoms in total. The zero-order valence-electron chi connectivity index (χ0n) is 8.67. The molecule has 0 radical (unpaired) electrons. The highest BCUT2D eigenvalue weighted by Crippen LogP contribution is 2.39. The monoisotopic (exact) mass is 182 g/mol. The Bertz CT molecular complexity index is 220. The van der Waals surface area contributed by atoms with E-state index in [0.29, 0.717) is 12.5 Å². The van der Waals surface area contributed by atoms with Gasteiger partial charge in [-0.2, -0.15) is 0 Å². The molecule has 0 bridgehead atoms. The third kappa shape index (κ3) is 2.58. The molecule has 0 heterocycles. The molecular weight excluding hydrogens is 164 g/mol. The third-order valence-electron chi connectivity index (χ3n) is 3.06. The zero-order valence-corrected chi connectivity index (χ0v) is 8.67. The first kappa shape index (κ1) is 10.3. The number of esters is 1. The van der Waals surface area contributed by atoms with E-state index in [0.717, 1.165) is 12.8 Å². The largest absolute Gasteiger partial charge is 0.466 e. The highest BCUT2D eigenvalue weighted by Gasteiger charge is 2.31. The first-order valence-corrected chi connectivity index (χ1v) is 4.86. The van der Waals surface area contributed by atoms with Crippen LogP contribution in [0.25, 0.3) is 0 Å². The summed E-state index contributed by atoms with van der Waals surface area (Å²) in [4.78, 5) is 10.6. The van der Waals surface area contributed by atoms with Crippen LogP contribution in [0.5, 0.6) is 0 Å². The average molecular weight is 182 g/mol. The zero-order chi connectivity index (χ0) is 9.90. The second-order valence-electron chi connectivity index (χ2n) is 4.13. The van der Waals surface area contributed by atoms with Crippen LogP contribution in [0, 0.1) is 11.3 Å². The van der Waals surface area contributed by atoms with Crippen molar-refractivity contribution < 1.29 is 9.53 Å². The number of hydrogen-bond donors (Lipinski definition) is 0. The lowest BCUT2D eigenvalue weighted by molar-refractivity contribution is -0.141. The Kier molecular flexibility index (Phi) is 3.12. The molecule has 13 heavy (non-hydrogen) atoms. The van der Waals surface area contributed by atoms with Crippen LogP contribution in [0.1, 0.15) is 33.6 Å². The van der Waals surface area contributed by atoms with Gasteiger partial charge in [0.25, 0.3) is 0 Å². The lowest BCUT2D eigenvalue weighted by Crippen LogP contribution is -2.21. The molecule has 1 aliphatic carbocycles. The Balaban J connectivity index is 2.34. The molecule has 2 heteroatoms. The van der Waals surface area contributed by atoms with Crippen LogP contribution >= 0.6 is 0 Å². The maximum Gasteiger partial charge on any atom is 0.302 e. The summed E-state index contributed by atoms with van der Waals surface area (Å²) in [5.41, 5.74) is 0.232. The van der Waals surface area contributed by atoms with Gasteiger partial charge in [-0.15, -0.1) is 0 Å². The number of carbonyl (C=O) groups excluding carboxylic acids is 1. The number of allylic oxidation sites excluding steroid dienone is 2. The molecule has 0 spiro atoms. The van der Waals surface area contributed by atoms with Crippen molar-refractivity contribution in [2.75, 3.05) is 6.61 Å². The second kappa shape index (κ2) is 3.95. The molecule has 2 unspecified atom stereocenters. The predicted molar refractivity (Wildman–Crippen MR) is 52.3 cm³/mol. The summed E-state index contributed by atoms with van der Waals surface area (Å²) in [6.07, 6.45) is 6.56. The maximum atomic E-state index is 10.6. The summed E-state index contributed by atoms with van der Waals surface area (Å²) in [5, 5.41) is 0. The van der Waals surface area contributed by atoms with Crippen LogP contribution in [-0.2, 0) is 9.53 Å². The van der Waals surface area contributed by atoms with Gasteiger partial charge >= 0.3 is 5.97 Å². The Hall–Kier alpha value is -0.790. The minimum atomic E-state index is -0.182. The highest BCUT2D eigenvalue weighted by atomic mass is 16.5. The van der Waals surface area contributed by atoms with E-state index in [1.165, 1.54) is 6.92 Å². The fourth-order valence-corrected chi connectivity index (χ4v) is 1.72. The SMILES string of the molecule is CC(=O)OCCC1(C)C=CCC1C. The van der Waals surface area contributed by atoms with Gasteiger partial charge in [0.1, 0.15) is 0 Å². The molecule has 74 valence electrons. The van der Waals surface area contributed by atoms with Crippen LogP contribution in [0.3, 0.4) is 0 Å². The van der Waals surface area contributed by atoms with Crippen LogP contribution < -0.4 is 0 Å². The average Bonchev–Trinajstić information content (AvgIpc) is 2.32. The van der Waals surface area contributed by atoms with Gasteiger partial charge in [0.05, 0.1) is 6.61 Å². The predicted octanol–water partition coefficient (Wildman–Crippen LogP) is 2.54. The van der Waals surface area contributed by atoms with Crippen molar-refractivity contribution in [3.63, 3.8) is 0 Å². The number of ether oxygens (including phenoxy) is 1. The number of rotatable bonds is 3. The summed E-state index contributed by atoms with van der Waals surface area (Å²) in [6.45, 7) is 6.47. The summed E-state index contributed by atoms with van der Waals surface area (Å²) in [5.74, 6) is 0.487. The fraction of sp³-hybridized carbons (Fsp3) is 0.727. The van der Waals surface area contributed by atoms with Crippen LogP contribution in [0.4, 0.5) is 0 Å². The van der Waals surface area contributed by atoms with Crippen LogP contribution in [0.2, 0.25) is 0 Å². The molecule has 0 aromatic heterocycles. The summed E-state index contributed by atoms with van der Waals surface area (Å²) >= 11 is 0. The van der Waals surface area contributed by atoms with E-state index in [1.807, 2.05) is 0 Å². The molecule has 0 fully saturated rings. The van der Waals surface area contributed by atoms with E-state index in [2.05, 4.69) is 26.0 Å². The third-order valence-corrected chi connectivity index (χ3v) is 3.06. The molecule has 1 aliphatic rings. The van der Waals surface area contributed by atoms with Crippen molar-refractivity contribution in [1.29, 1.82) is 0 Å². The molecule has 1 rings (SSSR count). The topological polar surface area (TPSA) is 26.3 Å². The molecular formula is C11H18O2. The van der Waals surface area contributed by atoms with Gasteiger partial charge in [-0.1, -0.05) is 26.0 Å². The smallest absolute Gasteiger partial charge is 0.302 e. The van der Waals surface area contributed by atoms with E-state index >= 15 is 0 Å². The van der Waals surface area contributed by atoms with Crippen molar-refractivity contribution in [2.45, 2.75) is 33.6 Å². The van der Waals surface area contributed by atoms with Crippen molar-refractivity contribution in [3.8, 4) is 0 Å². The summed E-state index contributed by atoms with van der Waals surface area (Å²) in [6, 6.07) is 0. The second-order valence-corrected chi connectivity index (χ2v) is 4.13. The molecule has 0 saturated heterocycles. The standard InChI is InChI=1S/C11H18O2/c1-9-5-4-6-11(9,3)7-8-13-10(2)12/h4,6,9H,5,7-8H2,1-3H3. The van der Waals surface area contributed by atoms with Gasteiger partial charge in [-0.3, -0.25) is 4.79 Å². The van der Waals surface area contributed by atoms with Crippen molar-refractivity contribution in [3.05, 3.63) is 12.2 Å². The molecule has 0 saturated carbocycles. The van der Waals surface area contributed by atoms with E-state index in [4.69, 9.17) is 4.74 Å². The van der Waals surface area contributed by atoms with Gasteiger partial charge in [0, 0.05) is 6.92 Å². The molecule has 0 aromatic rings. The normalized spacial score (nSPS) is 32.1. The van der Waals surface area contributed by atoms with Gasteiger partial charge in [0.2, 0.25) is 0 Å². The minimum absolute atomic E-state index is 0.182. The lowest BCUT2D eigenvalue weighted by Gasteiger charge is -2.27. The molecule has 0 aliphatic heterocycles. The lowest BCUT2D eigenvalue weighted by atomic mass is 9.79. The highest BCUT2D eigenvalue weighted by molar-refractivity contribution is 5.65. The fourth-order valence-electron chi connectivity index (χ4n) is 1.72.